The highest BCUT2D eigenvalue weighted by Crippen LogP contribution is 2.39. The van der Waals surface area contributed by atoms with Crippen molar-refractivity contribution in [2.45, 2.75) is 13.8 Å². The summed E-state index contributed by atoms with van der Waals surface area (Å²) in [5, 5.41) is 3.83. The second kappa shape index (κ2) is 8.93. The first-order valence-electron chi connectivity index (χ1n) is 13.2. The highest BCUT2D eigenvalue weighted by atomic mass is 15.0. The van der Waals surface area contributed by atoms with Crippen LogP contribution in [-0.2, 0) is 0 Å². The lowest BCUT2D eigenvalue weighted by Crippen LogP contribution is -2.02. The van der Waals surface area contributed by atoms with Gasteiger partial charge in [0.15, 0.2) is 0 Å². The molecule has 0 spiro atoms. The van der Waals surface area contributed by atoms with Gasteiger partial charge in [0.1, 0.15) is 0 Å². The molecule has 182 valence electrons. The molecule has 7 aromatic rings. The summed E-state index contributed by atoms with van der Waals surface area (Å²) in [5.41, 5.74) is 10.9. The van der Waals surface area contributed by atoms with Crippen molar-refractivity contribution >= 4 is 38.8 Å². The molecule has 2 nitrogen and oxygen atoms in total. The fourth-order valence-electron chi connectivity index (χ4n) is 6.01. The van der Waals surface area contributed by atoms with Crippen LogP contribution in [0.25, 0.3) is 61.3 Å². The molecule has 38 heavy (non-hydrogen) atoms. The minimum absolute atomic E-state index is 1.18. The summed E-state index contributed by atoms with van der Waals surface area (Å²) in [6.45, 7) is 4.31. The molecular formula is C36H28N2. The van der Waals surface area contributed by atoms with Crippen molar-refractivity contribution < 1.29 is 0 Å². The number of allylic oxidation sites excluding steroid dienone is 1. The Bertz CT molecular complexity index is 1940. The van der Waals surface area contributed by atoms with Crippen molar-refractivity contribution in [1.82, 2.24) is 9.13 Å². The molecule has 0 radical (unpaired) electrons. The van der Waals surface area contributed by atoms with Crippen LogP contribution in [0.3, 0.4) is 0 Å². The van der Waals surface area contributed by atoms with Gasteiger partial charge in [-0.2, -0.15) is 0 Å². The quantitative estimate of drug-likeness (QED) is 0.233. The van der Waals surface area contributed by atoms with Gasteiger partial charge in [-0.25, -0.2) is 0 Å². The van der Waals surface area contributed by atoms with Crippen molar-refractivity contribution in [1.29, 1.82) is 0 Å². The number of rotatable bonds is 4. The molecule has 0 amide bonds. The fourth-order valence-corrected chi connectivity index (χ4v) is 6.01. The van der Waals surface area contributed by atoms with Crippen LogP contribution in [0, 0.1) is 6.92 Å². The molecule has 0 saturated carbocycles. The van der Waals surface area contributed by atoms with Crippen LogP contribution >= 0.6 is 0 Å². The standard InChI is InChI=1S/C36H28N2/c1-3-14-31-25(2)26-15-4-9-20-32(26)37(31)33-21-10-5-16-27(33)28-17-6-11-22-34(28)38-35-23-12-7-18-29(35)30-19-8-13-24-36(30)38/h3-24H,1-2H3/b14-3-. The smallest absolute Gasteiger partial charge is 0.0541 e. The first kappa shape index (κ1) is 22.4. The zero-order chi connectivity index (χ0) is 25.6. The maximum atomic E-state index is 2.42. The summed E-state index contributed by atoms with van der Waals surface area (Å²) in [7, 11) is 0. The van der Waals surface area contributed by atoms with Gasteiger partial charge in [-0.3, -0.25) is 0 Å². The van der Waals surface area contributed by atoms with Gasteiger partial charge in [-0.15, -0.1) is 0 Å². The van der Waals surface area contributed by atoms with Gasteiger partial charge in [0.25, 0.3) is 0 Å². The summed E-state index contributed by atoms with van der Waals surface area (Å²) >= 11 is 0. The summed E-state index contributed by atoms with van der Waals surface area (Å²) in [6.07, 6.45) is 4.36. The zero-order valence-corrected chi connectivity index (χ0v) is 21.6. The third-order valence-electron chi connectivity index (χ3n) is 7.66. The zero-order valence-electron chi connectivity index (χ0n) is 21.6. The van der Waals surface area contributed by atoms with Gasteiger partial charge in [-0.05, 0) is 55.8 Å². The number of aryl methyl sites for hydroxylation is 1. The third kappa shape index (κ3) is 3.27. The van der Waals surface area contributed by atoms with Crippen LogP contribution in [0.5, 0.6) is 0 Å². The topological polar surface area (TPSA) is 9.86 Å². The van der Waals surface area contributed by atoms with E-state index in [0.29, 0.717) is 0 Å². The number of para-hydroxylation sites is 5. The maximum Gasteiger partial charge on any atom is 0.0541 e. The molecule has 0 aliphatic carbocycles. The van der Waals surface area contributed by atoms with Crippen molar-refractivity contribution in [3.63, 3.8) is 0 Å². The lowest BCUT2D eigenvalue weighted by Gasteiger charge is -2.19. The number of benzene rings is 5. The molecule has 0 bridgehead atoms. The molecular weight excluding hydrogens is 460 g/mol. The lowest BCUT2D eigenvalue weighted by molar-refractivity contribution is 1.09. The average molecular weight is 489 g/mol. The molecule has 7 rings (SSSR count). The van der Waals surface area contributed by atoms with E-state index in [1.165, 1.54) is 66.5 Å². The van der Waals surface area contributed by atoms with E-state index >= 15 is 0 Å². The molecule has 0 unspecified atom stereocenters. The number of fused-ring (bicyclic) bond motifs is 4. The molecule has 0 N–H and O–H groups in total. The molecule has 0 atom stereocenters. The van der Waals surface area contributed by atoms with Crippen LogP contribution in [0.15, 0.2) is 127 Å². The second-order valence-electron chi connectivity index (χ2n) is 9.77. The first-order valence-corrected chi connectivity index (χ1v) is 13.2. The molecule has 0 saturated heterocycles. The fraction of sp³-hybridized carbons (Fsp3) is 0.0556. The van der Waals surface area contributed by atoms with Gasteiger partial charge in [0, 0.05) is 33.0 Å². The minimum atomic E-state index is 1.18. The Labute approximate surface area is 222 Å². The van der Waals surface area contributed by atoms with Crippen LogP contribution in [0.1, 0.15) is 18.2 Å². The Morgan fingerprint density at radius 2 is 0.895 bits per heavy atom. The predicted molar refractivity (Wildman–Crippen MR) is 162 cm³/mol. The number of aromatic nitrogens is 2. The monoisotopic (exact) mass is 488 g/mol. The molecule has 5 aromatic carbocycles. The normalized spacial score (nSPS) is 11.8. The van der Waals surface area contributed by atoms with E-state index in [1.807, 2.05) is 0 Å². The third-order valence-corrected chi connectivity index (χ3v) is 7.66. The molecule has 0 aliphatic heterocycles. The first-order chi connectivity index (χ1) is 18.8. The van der Waals surface area contributed by atoms with E-state index in [4.69, 9.17) is 0 Å². The Morgan fingerprint density at radius 3 is 1.45 bits per heavy atom. The Kier molecular flexibility index (Phi) is 5.26. The molecule has 0 aliphatic rings. The van der Waals surface area contributed by atoms with Crippen molar-refractivity contribution in [3.05, 3.63) is 139 Å². The largest absolute Gasteiger partial charge is 0.309 e. The van der Waals surface area contributed by atoms with Crippen LogP contribution in [-0.4, -0.2) is 9.13 Å². The van der Waals surface area contributed by atoms with E-state index in [2.05, 4.69) is 156 Å². The Morgan fingerprint density at radius 1 is 0.474 bits per heavy atom. The van der Waals surface area contributed by atoms with Crippen molar-refractivity contribution in [3.8, 4) is 22.5 Å². The van der Waals surface area contributed by atoms with E-state index < -0.39 is 0 Å². The lowest BCUT2D eigenvalue weighted by atomic mass is 10.0. The Balaban J connectivity index is 1.56. The number of nitrogens with zero attached hydrogens (tertiary/aromatic N) is 2. The molecule has 0 fully saturated rings. The van der Waals surface area contributed by atoms with Crippen LogP contribution in [0.2, 0.25) is 0 Å². The predicted octanol–water partition coefficient (Wildman–Crippen LogP) is 9.74. The van der Waals surface area contributed by atoms with E-state index in [9.17, 15) is 0 Å². The van der Waals surface area contributed by atoms with Gasteiger partial charge in [-0.1, -0.05) is 97.1 Å². The second-order valence-corrected chi connectivity index (χ2v) is 9.77. The van der Waals surface area contributed by atoms with Crippen molar-refractivity contribution in [2.24, 2.45) is 0 Å². The highest BCUT2D eigenvalue weighted by Gasteiger charge is 2.19. The van der Waals surface area contributed by atoms with Crippen LogP contribution in [0.4, 0.5) is 0 Å². The summed E-state index contributed by atoms with van der Waals surface area (Å²) < 4.78 is 4.84. The van der Waals surface area contributed by atoms with Crippen LogP contribution < -0.4 is 0 Å². The average Bonchev–Trinajstić information content (AvgIpc) is 3.45. The number of hydrogen-bond acceptors (Lipinski definition) is 0. The van der Waals surface area contributed by atoms with Gasteiger partial charge < -0.3 is 9.13 Å². The van der Waals surface area contributed by atoms with Crippen molar-refractivity contribution in [2.75, 3.05) is 0 Å². The minimum Gasteiger partial charge on any atom is -0.309 e. The SMILES string of the molecule is C/C=C\c1c(C)c2ccccc2n1-c1ccccc1-c1ccccc1-n1c2ccccc2c2ccccc21. The Hall–Kier alpha value is -4.82. The highest BCUT2D eigenvalue weighted by molar-refractivity contribution is 6.09. The number of hydrogen-bond donors (Lipinski definition) is 0. The van der Waals surface area contributed by atoms with E-state index in [1.54, 1.807) is 0 Å². The summed E-state index contributed by atoms with van der Waals surface area (Å²) in [4.78, 5) is 0. The molecule has 2 heteroatoms. The maximum absolute atomic E-state index is 2.42. The van der Waals surface area contributed by atoms with Gasteiger partial charge in [0.05, 0.1) is 27.9 Å². The van der Waals surface area contributed by atoms with E-state index in [0.717, 1.165) is 0 Å². The van der Waals surface area contributed by atoms with Gasteiger partial charge in [0.2, 0.25) is 0 Å². The van der Waals surface area contributed by atoms with Gasteiger partial charge >= 0.3 is 0 Å². The molecule has 2 aromatic heterocycles. The van der Waals surface area contributed by atoms with E-state index in [-0.39, 0.29) is 0 Å². The molecule has 2 heterocycles. The summed E-state index contributed by atoms with van der Waals surface area (Å²) in [6, 6.07) is 43.7. The summed E-state index contributed by atoms with van der Waals surface area (Å²) in [5.74, 6) is 0.